The molecule has 154 valence electrons. The number of benzodiazepines with no additional fused rings is 1. The van der Waals surface area contributed by atoms with E-state index >= 15 is 0 Å². The fraction of sp³-hybridized carbons (Fsp3) is 0.0800. The van der Waals surface area contributed by atoms with Crippen LogP contribution in [0.4, 0.5) is 5.69 Å². The molecule has 1 aliphatic heterocycles. The molecular weight excluding hydrogens is 454 g/mol. The number of likely N-dealkylation sites (N-methyl/N-ethyl adjacent to an activating group) is 1. The highest BCUT2D eigenvalue weighted by molar-refractivity contribution is 9.10. The zero-order valence-corrected chi connectivity index (χ0v) is 18.4. The maximum absolute atomic E-state index is 13.1. The van der Waals surface area contributed by atoms with Crippen molar-refractivity contribution in [2.24, 2.45) is 4.99 Å². The number of rotatable bonds is 4. The van der Waals surface area contributed by atoms with Crippen LogP contribution < -0.4 is 10.2 Å². The molecular formula is C25H20BrN3O2. The van der Waals surface area contributed by atoms with Crippen LogP contribution >= 0.6 is 15.9 Å². The van der Waals surface area contributed by atoms with Crippen LogP contribution in [0, 0.1) is 0 Å². The number of aliphatic imine (C=N–C) groups is 1. The molecule has 0 fully saturated rings. The van der Waals surface area contributed by atoms with Crippen molar-refractivity contribution in [1.82, 2.24) is 5.32 Å². The van der Waals surface area contributed by atoms with E-state index < -0.39 is 12.1 Å². The number of hydrogen-bond acceptors (Lipinski definition) is 3. The van der Waals surface area contributed by atoms with E-state index in [1.54, 1.807) is 13.1 Å². The number of nitrogens with one attached hydrogen (secondary N) is 1. The number of para-hydroxylation sites is 1. The largest absolute Gasteiger partial charge is 0.323 e. The van der Waals surface area contributed by atoms with Crippen LogP contribution in [-0.4, -0.2) is 30.7 Å². The van der Waals surface area contributed by atoms with Gasteiger partial charge in [-0.25, -0.2) is 4.99 Å². The summed E-state index contributed by atoms with van der Waals surface area (Å²) < 4.78 is 0.922. The summed E-state index contributed by atoms with van der Waals surface area (Å²) in [6.45, 7) is 0. The second-order valence-corrected chi connectivity index (χ2v) is 7.97. The van der Waals surface area contributed by atoms with Gasteiger partial charge < -0.3 is 10.2 Å². The molecule has 31 heavy (non-hydrogen) atoms. The summed E-state index contributed by atoms with van der Waals surface area (Å²) in [4.78, 5) is 31.9. The Labute approximate surface area is 189 Å². The third kappa shape index (κ3) is 4.64. The van der Waals surface area contributed by atoms with Gasteiger partial charge in [-0.1, -0.05) is 76.6 Å². The van der Waals surface area contributed by atoms with Gasteiger partial charge in [-0.05, 0) is 29.8 Å². The van der Waals surface area contributed by atoms with Crippen molar-refractivity contribution in [3.8, 4) is 0 Å². The monoisotopic (exact) mass is 473 g/mol. The first-order valence-corrected chi connectivity index (χ1v) is 10.6. The number of fused-ring (bicyclic) bond motifs is 1. The van der Waals surface area contributed by atoms with Crippen molar-refractivity contribution >= 4 is 45.2 Å². The van der Waals surface area contributed by atoms with Gasteiger partial charge in [0, 0.05) is 28.7 Å². The number of nitrogens with zero attached hydrogens (tertiary/aromatic N) is 2. The van der Waals surface area contributed by atoms with Crippen molar-refractivity contribution in [3.63, 3.8) is 0 Å². The van der Waals surface area contributed by atoms with Gasteiger partial charge >= 0.3 is 0 Å². The summed E-state index contributed by atoms with van der Waals surface area (Å²) in [6, 6.07) is 24.8. The highest BCUT2D eigenvalue weighted by Crippen LogP contribution is 2.27. The normalized spacial score (nSPS) is 15.9. The van der Waals surface area contributed by atoms with E-state index in [0.29, 0.717) is 5.71 Å². The minimum atomic E-state index is -1.03. The van der Waals surface area contributed by atoms with Crippen molar-refractivity contribution in [2.75, 3.05) is 11.9 Å². The zero-order valence-electron chi connectivity index (χ0n) is 16.8. The van der Waals surface area contributed by atoms with Crippen LogP contribution in [0.2, 0.25) is 0 Å². The minimum absolute atomic E-state index is 0.303. The molecule has 1 N–H and O–H groups in total. The van der Waals surface area contributed by atoms with Gasteiger partial charge in [-0.3, -0.25) is 9.59 Å². The van der Waals surface area contributed by atoms with Crippen molar-refractivity contribution in [2.45, 2.75) is 6.17 Å². The lowest BCUT2D eigenvalue weighted by Crippen LogP contribution is -2.45. The topological polar surface area (TPSA) is 61.8 Å². The molecule has 4 rings (SSSR count). The first-order chi connectivity index (χ1) is 15.0. The Hall–Kier alpha value is -3.51. The molecule has 0 saturated carbocycles. The first-order valence-electron chi connectivity index (χ1n) is 9.77. The summed E-state index contributed by atoms with van der Waals surface area (Å²) >= 11 is 3.41. The first kappa shape index (κ1) is 20.8. The fourth-order valence-electron chi connectivity index (χ4n) is 3.41. The van der Waals surface area contributed by atoms with Crippen LogP contribution in [0.1, 0.15) is 16.7 Å². The number of amides is 2. The molecule has 0 aromatic heterocycles. The highest BCUT2D eigenvalue weighted by Gasteiger charge is 2.30. The molecule has 5 nitrogen and oxygen atoms in total. The lowest BCUT2D eigenvalue weighted by Gasteiger charge is -2.20. The van der Waals surface area contributed by atoms with Gasteiger partial charge in [-0.15, -0.1) is 0 Å². The van der Waals surface area contributed by atoms with E-state index in [-0.39, 0.29) is 5.91 Å². The smallest absolute Gasteiger partial charge is 0.272 e. The lowest BCUT2D eigenvalue weighted by atomic mass is 10.0. The predicted molar refractivity (Wildman–Crippen MR) is 127 cm³/mol. The van der Waals surface area contributed by atoms with Crippen molar-refractivity contribution < 1.29 is 9.59 Å². The van der Waals surface area contributed by atoms with Gasteiger partial charge in [0.2, 0.25) is 12.1 Å². The van der Waals surface area contributed by atoms with Gasteiger partial charge in [0.1, 0.15) is 0 Å². The zero-order chi connectivity index (χ0) is 21.8. The summed E-state index contributed by atoms with van der Waals surface area (Å²) in [7, 11) is 1.70. The Balaban J connectivity index is 1.67. The van der Waals surface area contributed by atoms with E-state index in [4.69, 9.17) is 0 Å². The molecule has 1 aliphatic rings. The summed E-state index contributed by atoms with van der Waals surface area (Å²) in [5.74, 6) is -0.698. The SMILES string of the molecule is CN1C(=O)[C@H](NC(=O)C=Cc2cccc(Br)c2)N=C(c2ccccc2)c2ccccc21. The van der Waals surface area contributed by atoms with Crippen LogP contribution in [0.25, 0.3) is 6.08 Å². The molecule has 0 spiro atoms. The van der Waals surface area contributed by atoms with E-state index in [0.717, 1.165) is 26.9 Å². The molecule has 0 saturated heterocycles. The number of halogens is 1. The Bertz CT molecular complexity index is 1190. The van der Waals surface area contributed by atoms with Crippen molar-refractivity contribution in [1.29, 1.82) is 0 Å². The molecule has 3 aromatic carbocycles. The van der Waals surface area contributed by atoms with Crippen LogP contribution in [0.5, 0.6) is 0 Å². The molecule has 2 amide bonds. The van der Waals surface area contributed by atoms with Gasteiger partial charge in [-0.2, -0.15) is 0 Å². The second-order valence-electron chi connectivity index (χ2n) is 7.06. The quantitative estimate of drug-likeness (QED) is 0.570. The third-order valence-electron chi connectivity index (χ3n) is 4.95. The molecule has 0 radical (unpaired) electrons. The summed E-state index contributed by atoms with van der Waals surface area (Å²) in [5.41, 5.74) is 3.99. The molecule has 1 heterocycles. The maximum atomic E-state index is 13.1. The fourth-order valence-corrected chi connectivity index (χ4v) is 3.82. The van der Waals surface area contributed by atoms with E-state index in [9.17, 15) is 9.59 Å². The average Bonchev–Trinajstić information content (AvgIpc) is 2.89. The predicted octanol–water partition coefficient (Wildman–Crippen LogP) is 4.42. The molecule has 6 heteroatoms. The number of anilines is 1. The lowest BCUT2D eigenvalue weighted by molar-refractivity contribution is -0.124. The Morgan fingerprint density at radius 3 is 2.55 bits per heavy atom. The molecule has 0 unspecified atom stereocenters. The Morgan fingerprint density at radius 2 is 1.77 bits per heavy atom. The summed E-state index contributed by atoms with van der Waals surface area (Å²) in [6.07, 6.45) is 2.07. The van der Waals surface area contributed by atoms with Crippen LogP contribution in [0.3, 0.4) is 0 Å². The average molecular weight is 474 g/mol. The van der Waals surface area contributed by atoms with E-state index in [2.05, 4.69) is 26.2 Å². The minimum Gasteiger partial charge on any atom is -0.323 e. The van der Waals surface area contributed by atoms with Gasteiger partial charge in [0.15, 0.2) is 0 Å². The van der Waals surface area contributed by atoms with Crippen LogP contribution in [-0.2, 0) is 9.59 Å². The second kappa shape index (κ2) is 9.10. The highest BCUT2D eigenvalue weighted by atomic mass is 79.9. The molecule has 1 atom stereocenters. The molecule has 3 aromatic rings. The van der Waals surface area contributed by atoms with E-state index in [1.165, 1.54) is 11.0 Å². The van der Waals surface area contributed by atoms with E-state index in [1.807, 2.05) is 78.9 Å². The maximum Gasteiger partial charge on any atom is 0.272 e. The van der Waals surface area contributed by atoms with Gasteiger partial charge in [0.05, 0.1) is 11.4 Å². The third-order valence-corrected chi connectivity index (χ3v) is 5.44. The number of carbonyl (C=O) groups excluding carboxylic acids is 2. The summed E-state index contributed by atoms with van der Waals surface area (Å²) in [5, 5.41) is 2.74. The molecule has 0 bridgehead atoms. The number of benzene rings is 3. The van der Waals surface area contributed by atoms with Gasteiger partial charge in [0.25, 0.3) is 5.91 Å². The Morgan fingerprint density at radius 1 is 1.03 bits per heavy atom. The number of carbonyl (C=O) groups is 2. The number of hydrogen-bond donors (Lipinski definition) is 1. The van der Waals surface area contributed by atoms with Crippen LogP contribution in [0.15, 0.2) is 94.4 Å². The standard InChI is InChI=1S/C25H20BrN3O2/c1-29-21-13-6-5-12-20(21)23(18-9-3-2-4-10-18)28-24(25(29)31)27-22(30)15-14-17-8-7-11-19(26)16-17/h2-16,24H,1H3,(H,27,30)/t24-/m1/s1. The Kier molecular flexibility index (Phi) is 6.09. The van der Waals surface area contributed by atoms with Crippen molar-refractivity contribution in [3.05, 3.63) is 106 Å². The molecule has 0 aliphatic carbocycles.